The van der Waals surface area contributed by atoms with Gasteiger partial charge in [-0.05, 0) is 57.7 Å². The molecule has 0 aromatic heterocycles. The predicted molar refractivity (Wildman–Crippen MR) is 165 cm³/mol. The van der Waals surface area contributed by atoms with Gasteiger partial charge in [0, 0.05) is 42.5 Å². The van der Waals surface area contributed by atoms with Crippen molar-refractivity contribution in [2.75, 3.05) is 26.3 Å². The van der Waals surface area contributed by atoms with Crippen molar-refractivity contribution in [3.8, 4) is 5.75 Å². The van der Waals surface area contributed by atoms with Gasteiger partial charge in [0.25, 0.3) is 5.91 Å². The van der Waals surface area contributed by atoms with Gasteiger partial charge in [-0.15, -0.1) is 4.72 Å². The molecule has 2 aliphatic heterocycles. The van der Waals surface area contributed by atoms with Crippen LogP contribution in [-0.2, 0) is 25.6 Å². The first kappa shape index (κ1) is 32.6. The average Bonchev–Trinajstić information content (AvgIpc) is 3.44. The normalized spacial score (nSPS) is 21.0. The van der Waals surface area contributed by atoms with Gasteiger partial charge in [-0.25, -0.2) is 4.79 Å². The maximum Gasteiger partial charge on any atom is 0.338 e. The van der Waals surface area contributed by atoms with E-state index in [9.17, 15) is 14.1 Å². The number of halogens is 2. The summed E-state index contributed by atoms with van der Waals surface area (Å²) in [6.07, 6.45) is 1.88. The third-order valence-corrected chi connectivity index (χ3v) is 9.71. The van der Waals surface area contributed by atoms with Crippen LogP contribution in [0.5, 0.6) is 5.75 Å². The number of ether oxygens (including phenoxy) is 3. The summed E-state index contributed by atoms with van der Waals surface area (Å²) in [6, 6.07) is 11.8. The number of nitrogens with one attached hydrogen (secondary N) is 1. The molecule has 2 aromatic rings. The van der Waals surface area contributed by atoms with Gasteiger partial charge in [0.15, 0.2) is 6.10 Å². The van der Waals surface area contributed by atoms with E-state index in [0.29, 0.717) is 60.3 Å². The highest BCUT2D eigenvalue weighted by Crippen LogP contribution is 2.41. The Morgan fingerprint density at radius 2 is 1.83 bits per heavy atom. The monoisotopic (exact) mass is 636 g/mol. The van der Waals surface area contributed by atoms with E-state index in [2.05, 4.69) is 11.3 Å². The minimum absolute atomic E-state index is 0.0138. The zero-order valence-corrected chi connectivity index (χ0v) is 26.5. The molecule has 2 aromatic carbocycles. The summed E-state index contributed by atoms with van der Waals surface area (Å²) >= 11 is 11.4. The number of benzene rings is 2. The molecule has 0 aliphatic carbocycles. The van der Waals surface area contributed by atoms with E-state index in [1.54, 1.807) is 47.4 Å². The lowest BCUT2D eigenvalue weighted by atomic mass is 9.85. The molecule has 228 valence electrons. The number of amides is 1. The molecule has 42 heavy (non-hydrogen) atoms. The Balaban J connectivity index is 1.48. The van der Waals surface area contributed by atoms with Gasteiger partial charge >= 0.3 is 5.97 Å². The van der Waals surface area contributed by atoms with E-state index in [4.69, 9.17) is 37.4 Å². The van der Waals surface area contributed by atoms with Crippen molar-refractivity contribution in [1.29, 1.82) is 0 Å². The van der Waals surface area contributed by atoms with Crippen LogP contribution < -0.4 is 9.46 Å². The van der Waals surface area contributed by atoms with Gasteiger partial charge in [0.05, 0.1) is 28.3 Å². The molecule has 1 amide bonds. The summed E-state index contributed by atoms with van der Waals surface area (Å²) in [4.78, 5) is 27.9. The summed E-state index contributed by atoms with van der Waals surface area (Å²) in [5.41, 5.74) is 1.18. The number of nitrogens with zero attached hydrogens (tertiary/aromatic N) is 1. The maximum atomic E-state index is 13.5. The summed E-state index contributed by atoms with van der Waals surface area (Å²) < 4.78 is 33.5. The van der Waals surface area contributed by atoms with Crippen molar-refractivity contribution in [3.63, 3.8) is 0 Å². The van der Waals surface area contributed by atoms with Crippen LogP contribution in [0.3, 0.4) is 0 Å². The van der Waals surface area contributed by atoms with Gasteiger partial charge in [-0.2, -0.15) is 0 Å². The molecular formula is C31H38Cl2N2O6S. The van der Waals surface area contributed by atoms with Gasteiger partial charge < -0.3 is 23.7 Å². The van der Waals surface area contributed by atoms with E-state index in [-0.39, 0.29) is 24.5 Å². The van der Waals surface area contributed by atoms with Gasteiger partial charge in [0.2, 0.25) is 0 Å². The lowest BCUT2D eigenvalue weighted by Gasteiger charge is -2.39. The maximum absolute atomic E-state index is 13.5. The Morgan fingerprint density at radius 3 is 2.48 bits per heavy atom. The molecule has 4 rings (SSSR count). The number of piperidine rings is 1. The molecule has 2 fully saturated rings. The third kappa shape index (κ3) is 8.01. The van der Waals surface area contributed by atoms with Crippen molar-refractivity contribution < 1.29 is 28.4 Å². The Morgan fingerprint density at radius 1 is 1.17 bits per heavy atom. The minimum atomic E-state index is -1.39. The number of carbonyl (C=O) groups excluding carboxylic acids is 2. The van der Waals surface area contributed by atoms with Gasteiger partial charge in [-0.1, -0.05) is 54.1 Å². The van der Waals surface area contributed by atoms with Gasteiger partial charge in [0.1, 0.15) is 23.2 Å². The fraction of sp³-hybridized carbons (Fsp3) is 0.484. The summed E-state index contributed by atoms with van der Waals surface area (Å²) in [5, 5.41) is 0.725. The number of rotatable bonds is 10. The van der Waals surface area contributed by atoms with Crippen LogP contribution in [0.25, 0.3) is 0 Å². The molecule has 2 aliphatic rings. The number of esters is 1. The number of likely N-dealkylation sites (tertiary alicyclic amines) is 1. The average molecular weight is 638 g/mol. The molecular weight excluding hydrogens is 599 g/mol. The number of hydrogen-bond acceptors (Lipinski definition) is 7. The molecule has 4 unspecified atom stereocenters. The van der Waals surface area contributed by atoms with Gasteiger partial charge in [-0.3, -0.25) is 4.79 Å². The largest absolute Gasteiger partial charge is 0.598 e. The Kier molecular flexibility index (Phi) is 11.2. The van der Waals surface area contributed by atoms with E-state index in [1.807, 2.05) is 26.8 Å². The van der Waals surface area contributed by atoms with Crippen molar-refractivity contribution in [1.82, 2.24) is 9.62 Å². The minimum Gasteiger partial charge on any atom is -0.598 e. The van der Waals surface area contributed by atoms with Crippen molar-refractivity contribution in [2.24, 2.45) is 5.92 Å². The molecule has 0 radical (unpaired) electrons. The first-order valence-electron chi connectivity index (χ1n) is 14.1. The molecule has 2 saturated heterocycles. The highest BCUT2D eigenvalue weighted by atomic mass is 35.5. The second-order valence-corrected chi connectivity index (χ2v) is 14.2. The highest BCUT2D eigenvalue weighted by Gasteiger charge is 2.42. The Bertz CT molecular complexity index is 1250. The van der Waals surface area contributed by atoms with Crippen LogP contribution >= 0.6 is 23.2 Å². The fourth-order valence-corrected chi connectivity index (χ4v) is 6.33. The number of carbonyl (C=O) groups is 2. The molecule has 0 bridgehead atoms. The molecule has 4 atom stereocenters. The molecule has 8 nitrogen and oxygen atoms in total. The quantitative estimate of drug-likeness (QED) is 0.197. The van der Waals surface area contributed by atoms with Crippen LogP contribution in [-0.4, -0.2) is 64.6 Å². The second-order valence-electron chi connectivity index (χ2n) is 11.4. The second kappa shape index (κ2) is 14.5. The Labute approximate surface area is 261 Å². The lowest BCUT2D eigenvalue weighted by Crippen LogP contribution is -2.50. The van der Waals surface area contributed by atoms with Crippen LogP contribution in [0.15, 0.2) is 55.1 Å². The predicted octanol–water partition coefficient (Wildman–Crippen LogP) is 5.90. The highest BCUT2D eigenvalue weighted by molar-refractivity contribution is 7.90. The first-order chi connectivity index (χ1) is 20.0. The summed E-state index contributed by atoms with van der Waals surface area (Å²) in [7, 11) is 0. The van der Waals surface area contributed by atoms with Crippen LogP contribution in [0.2, 0.25) is 10.0 Å². The topological polar surface area (TPSA) is 100 Å². The van der Waals surface area contributed by atoms with Crippen molar-refractivity contribution in [2.45, 2.75) is 63.0 Å². The zero-order valence-electron chi connectivity index (χ0n) is 24.1. The zero-order chi connectivity index (χ0) is 30.4. The van der Waals surface area contributed by atoms with E-state index >= 15 is 0 Å². The van der Waals surface area contributed by atoms with E-state index < -0.39 is 34.3 Å². The van der Waals surface area contributed by atoms with Crippen LogP contribution in [0.4, 0.5) is 0 Å². The van der Waals surface area contributed by atoms with Crippen molar-refractivity contribution in [3.05, 3.63) is 76.3 Å². The van der Waals surface area contributed by atoms with E-state index in [1.165, 1.54) is 0 Å². The van der Waals surface area contributed by atoms with Crippen LogP contribution in [0, 0.1) is 5.92 Å². The third-order valence-electron chi connectivity index (χ3n) is 7.41. The standard InChI is InChI=1S/C31H38Cl2N2O6S/c1-5-16-39-26-19-24(33)23(32)18-22(26)27(34-42(38)31(2,3)4)20-11-14-35(15-12-20)29(36)28-25(13-17-40-28)41-30(37)21-9-7-6-8-10-21/h5-10,18-20,25,27-28,34H,1,11-17H2,2-4H3. The number of hydrogen-bond donors (Lipinski definition) is 1. The molecule has 0 spiro atoms. The molecule has 0 saturated carbocycles. The summed E-state index contributed by atoms with van der Waals surface area (Å²) in [5.74, 6) is -0.114. The molecule has 11 heteroatoms. The molecule has 2 heterocycles. The SMILES string of the molecule is C=CCOc1cc(Cl)c(Cl)cc1C(N[S+]([O-])C(C)(C)C)C1CCN(C(=O)C2OCCC2OC(=O)c2ccccc2)CC1. The van der Waals surface area contributed by atoms with Crippen LogP contribution in [0.1, 0.15) is 62.0 Å². The molecule has 1 N–H and O–H groups in total. The lowest BCUT2D eigenvalue weighted by molar-refractivity contribution is -0.146. The first-order valence-corrected chi connectivity index (χ1v) is 16.0. The van der Waals surface area contributed by atoms with E-state index in [0.717, 1.165) is 5.56 Å². The fourth-order valence-electron chi connectivity index (χ4n) is 5.10. The Hall–Kier alpha value is -2.27. The smallest absolute Gasteiger partial charge is 0.338 e. The van der Waals surface area contributed by atoms with Crippen molar-refractivity contribution >= 4 is 46.4 Å². The summed E-state index contributed by atoms with van der Waals surface area (Å²) in [6.45, 7) is 11.0.